The first-order valence-corrected chi connectivity index (χ1v) is 7.32. The van der Waals surface area contributed by atoms with Crippen LogP contribution in [0.3, 0.4) is 0 Å². The van der Waals surface area contributed by atoms with Crippen molar-refractivity contribution in [3.8, 4) is 0 Å². The molecule has 1 aliphatic carbocycles. The Morgan fingerprint density at radius 1 is 0.889 bits per heavy atom. The standard InChI is InChI=1S/C17H17Br/c1-2-16(18)13-17(16,14-9-5-3-6-10-14)15-11-7-4-8-12-15/h3-12H,2,13H2,1H3. The van der Waals surface area contributed by atoms with Gasteiger partial charge in [-0.25, -0.2) is 0 Å². The molecular weight excluding hydrogens is 284 g/mol. The second kappa shape index (κ2) is 4.24. The molecule has 0 radical (unpaired) electrons. The summed E-state index contributed by atoms with van der Waals surface area (Å²) in [5.41, 5.74) is 3.01. The lowest BCUT2D eigenvalue weighted by molar-refractivity contribution is 0.726. The van der Waals surface area contributed by atoms with Crippen molar-refractivity contribution in [2.45, 2.75) is 29.5 Å². The van der Waals surface area contributed by atoms with Crippen LogP contribution in [0.15, 0.2) is 60.7 Å². The minimum atomic E-state index is 0.157. The number of alkyl halides is 1. The molecule has 2 aromatic rings. The highest BCUT2D eigenvalue weighted by Gasteiger charge is 2.66. The number of hydrogen-bond acceptors (Lipinski definition) is 0. The van der Waals surface area contributed by atoms with Crippen molar-refractivity contribution in [2.24, 2.45) is 0 Å². The molecule has 0 nitrogen and oxygen atoms in total. The summed E-state index contributed by atoms with van der Waals surface area (Å²) in [7, 11) is 0. The molecule has 92 valence electrons. The van der Waals surface area contributed by atoms with Gasteiger partial charge in [0.2, 0.25) is 0 Å². The number of rotatable bonds is 3. The third kappa shape index (κ3) is 1.57. The minimum Gasteiger partial charge on any atom is -0.0840 e. The van der Waals surface area contributed by atoms with E-state index in [-0.39, 0.29) is 9.74 Å². The van der Waals surface area contributed by atoms with E-state index < -0.39 is 0 Å². The maximum atomic E-state index is 3.99. The maximum absolute atomic E-state index is 3.99. The molecule has 1 unspecified atom stereocenters. The normalized spacial score (nSPS) is 24.8. The van der Waals surface area contributed by atoms with Gasteiger partial charge in [0, 0.05) is 9.74 Å². The second-order valence-corrected chi connectivity index (χ2v) is 6.65. The van der Waals surface area contributed by atoms with Gasteiger partial charge in [-0.15, -0.1) is 0 Å². The van der Waals surface area contributed by atoms with Crippen molar-refractivity contribution in [1.29, 1.82) is 0 Å². The zero-order valence-corrected chi connectivity index (χ0v) is 12.2. The molecule has 1 atom stereocenters. The van der Waals surface area contributed by atoms with E-state index in [1.165, 1.54) is 17.5 Å². The summed E-state index contributed by atoms with van der Waals surface area (Å²) in [6, 6.07) is 21.8. The molecule has 0 bridgehead atoms. The highest BCUT2D eigenvalue weighted by molar-refractivity contribution is 9.10. The highest BCUT2D eigenvalue weighted by Crippen LogP contribution is 2.68. The molecule has 1 heteroatoms. The predicted octanol–water partition coefficient (Wildman–Crippen LogP) is 4.92. The molecule has 0 spiro atoms. The Bertz CT molecular complexity index is 493. The van der Waals surface area contributed by atoms with E-state index in [1.807, 2.05) is 0 Å². The van der Waals surface area contributed by atoms with Crippen LogP contribution in [-0.4, -0.2) is 4.32 Å². The molecule has 0 N–H and O–H groups in total. The van der Waals surface area contributed by atoms with Gasteiger partial charge in [-0.05, 0) is 24.0 Å². The van der Waals surface area contributed by atoms with E-state index in [0.29, 0.717) is 0 Å². The summed E-state index contributed by atoms with van der Waals surface area (Å²) < 4.78 is 0.225. The lowest BCUT2D eigenvalue weighted by Crippen LogP contribution is -2.19. The van der Waals surface area contributed by atoms with Gasteiger partial charge in [0.1, 0.15) is 0 Å². The van der Waals surface area contributed by atoms with Crippen molar-refractivity contribution in [3.63, 3.8) is 0 Å². The van der Waals surface area contributed by atoms with E-state index in [4.69, 9.17) is 0 Å². The number of hydrogen-bond donors (Lipinski definition) is 0. The molecule has 3 rings (SSSR count). The molecule has 0 heterocycles. The van der Waals surface area contributed by atoms with Crippen molar-refractivity contribution >= 4 is 15.9 Å². The Morgan fingerprint density at radius 2 is 1.33 bits per heavy atom. The van der Waals surface area contributed by atoms with E-state index >= 15 is 0 Å². The zero-order valence-electron chi connectivity index (χ0n) is 10.6. The summed E-state index contributed by atoms with van der Waals surface area (Å²) in [5, 5.41) is 0. The molecule has 0 amide bonds. The fourth-order valence-corrected chi connectivity index (χ4v) is 4.01. The quantitative estimate of drug-likeness (QED) is 0.706. The molecule has 0 aromatic heterocycles. The Hall–Kier alpha value is -1.08. The van der Waals surface area contributed by atoms with Crippen LogP contribution in [0.5, 0.6) is 0 Å². The first-order chi connectivity index (χ1) is 8.73. The fourth-order valence-electron chi connectivity index (χ4n) is 3.14. The third-order valence-corrected chi connectivity index (χ3v) is 5.80. The van der Waals surface area contributed by atoms with Gasteiger partial charge in [-0.1, -0.05) is 83.5 Å². The van der Waals surface area contributed by atoms with Crippen LogP contribution in [-0.2, 0) is 5.41 Å². The average molecular weight is 301 g/mol. The van der Waals surface area contributed by atoms with Gasteiger partial charge >= 0.3 is 0 Å². The second-order valence-electron chi connectivity index (χ2n) is 5.13. The van der Waals surface area contributed by atoms with E-state index in [9.17, 15) is 0 Å². The van der Waals surface area contributed by atoms with Crippen LogP contribution in [0.1, 0.15) is 30.9 Å². The topological polar surface area (TPSA) is 0 Å². The van der Waals surface area contributed by atoms with Crippen LogP contribution in [0.2, 0.25) is 0 Å². The zero-order chi connectivity index (χ0) is 12.6. The summed E-state index contributed by atoms with van der Waals surface area (Å²) >= 11 is 3.99. The van der Waals surface area contributed by atoms with E-state index in [2.05, 4.69) is 83.5 Å². The Labute approximate surface area is 117 Å². The third-order valence-electron chi connectivity index (χ3n) is 4.28. The molecule has 2 aromatic carbocycles. The van der Waals surface area contributed by atoms with Crippen LogP contribution < -0.4 is 0 Å². The number of benzene rings is 2. The van der Waals surface area contributed by atoms with Crippen molar-refractivity contribution in [2.75, 3.05) is 0 Å². The Balaban J connectivity index is 2.14. The van der Waals surface area contributed by atoms with Crippen molar-refractivity contribution in [3.05, 3.63) is 71.8 Å². The summed E-state index contributed by atoms with van der Waals surface area (Å²) in [5.74, 6) is 0. The van der Waals surface area contributed by atoms with Gasteiger partial charge in [0.15, 0.2) is 0 Å². The first kappa shape index (κ1) is 12.0. The fraction of sp³-hybridized carbons (Fsp3) is 0.294. The molecule has 1 aliphatic rings. The van der Waals surface area contributed by atoms with Crippen LogP contribution in [0.25, 0.3) is 0 Å². The molecule has 0 aliphatic heterocycles. The van der Waals surface area contributed by atoms with Gasteiger partial charge < -0.3 is 0 Å². The first-order valence-electron chi connectivity index (χ1n) is 6.53. The van der Waals surface area contributed by atoms with Crippen molar-refractivity contribution in [1.82, 2.24) is 0 Å². The molecule has 0 saturated heterocycles. The Morgan fingerprint density at radius 3 is 1.67 bits per heavy atom. The molecular formula is C17H17Br. The lowest BCUT2D eigenvalue weighted by Gasteiger charge is -2.22. The van der Waals surface area contributed by atoms with Crippen molar-refractivity contribution < 1.29 is 0 Å². The lowest BCUT2D eigenvalue weighted by atomic mass is 9.85. The van der Waals surface area contributed by atoms with Gasteiger partial charge in [-0.3, -0.25) is 0 Å². The average Bonchev–Trinajstić information content (AvgIpc) is 3.09. The van der Waals surface area contributed by atoms with Gasteiger partial charge in [0.25, 0.3) is 0 Å². The molecule has 18 heavy (non-hydrogen) atoms. The molecule has 1 fully saturated rings. The van der Waals surface area contributed by atoms with Crippen LogP contribution in [0.4, 0.5) is 0 Å². The summed E-state index contributed by atoms with van der Waals surface area (Å²) in [6.07, 6.45) is 2.33. The monoisotopic (exact) mass is 300 g/mol. The van der Waals surface area contributed by atoms with Crippen LogP contribution in [0, 0.1) is 0 Å². The van der Waals surface area contributed by atoms with E-state index in [0.717, 1.165) is 6.42 Å². The highest BCUT2D eigenvalue weighted by atomic mass is 79.9. The van der Waals surface area contributed by atoms with Crippen LogP contribution >= 0.6 is 15.9 Å². The minimum absolute atomic E-state index is 0.157. The summed E-state index contributed by atoms with van der Waals surface area (Å²) in [6.45, 7) is 2.27. The largest absolute Gasteiger partial charge is 0.0840 e. The number of halogens is 1. The summed E-state index contributed by atoms with van der Waals surface area (Å²) in [4.78, 5) is 0. The predicted molar refractivity (Wildman–Crippen MR) is 80.2 cm³/mol. The maximum Gasteiger partial charge on any atom is 0.0405 e. The smallest absolute Gasteiger partial charge is 0.0405 e. The molecule has 1 saturated carbocycles. The van der Waals surface area contributed by atoms with E-state index in [1.54, 1.807) is 0 Å². The van der Waals surface area contributed by atoms with Gasteiger partial charge in [-0.2, -0.15) is 0 Å². The Kier molecular flexibility index (Phi) is 2.82. The van der Waals surface area contributed by atoms with Gasteiger partial charge in [0.05, 0.1) is 0 Å². The SMILES string of the molecule is CCC1(Br)CC1(c1ccccc1)c1ccccc1.